The van der Waals surface area contributed by atoms with E-state index in [4.69, 9.17) is 10.5 Å². The van der Waals surface area contributed by atoms with Gasteiger partial charge < -0.3 is 15.4 Å². The van der Waals surface area contributed by atoms with E-state index in [2.05, 4.69) is 25.3 Å². The third-order valence-electron chi connectivity index (χ3n) is 3.68. The molecule has 25 heavy (non-hydrogen) atoms. The first kappa shape index (κ1) is 16.4. The van der Waals surface area contributed by atoms with Crippen LogP contribution in [0.25, 0.3) is 5.82 Å². The summed E-state index contributed by atoms with van der Waals surface area (Å²) < 4.78 is 10.8. The van der Waals surface area contributed by atoms with Crippen LogP contribution in [0.1, 0.15) is 23.1 Å². The van der Waals surface area contributed by atoms with Crippen LogP contribution in [0.5, 0.6) is 0 Å². The lowest BCUT2D eigenvalue weighted by molar-refractivity contribution is 0.0592. The first-order valence-corrected chi connectivity index (χ1v) is 7.57. The van der Waals surface area contributed by atoms with Gasteiger partial charge in [0.05, 0.1) is 13.7 Å². The minimum atomic E-state index is -0.597. The first-order chi connectivity index (χ1) is 12.2. The molecule has 0 saturated heterocycles. The van der Waals surface area contributed by atoms with Gasteiger partial charge in [0.25, 0.3) is 0 Å². The van der Waals surface area contributed by atoms with Crippen LogP contribution in [0.15, 0.2) is 35.0 Å². The fourth-order valence-electron chi connectivity index (χ4n) is 2.41. The van der Waals surface area contributed by atoms with Crippen molar-refractivity contribution in [1.82, 2.24) is 25.3 Å². The number of methoxy groups -OCH3 is 1. The van der Waals surface area contributed by atoms with Crippen molar-refractivity contribution in [2.24, 2.45) is 0 Å². The number of nitrogen functional groups attached to an aromatic ring is 1. The molecule has 2 heterocycles. The predicted molar refractivity (Wildman–Crippen MR) is 88.1 cm³/mol. The Balaban J connectivity index is 2.05. The van der Waals surface area contributed by atoms with Gasteiger partial charge in [0.2, 0.25) is 11.6 Å². The molecular weight excluding hydrogens is 326 g/mol. The van der Waals surface area contributed by atoms with E-state index >= 15 is 0 Å². The molecule has 0 saturated carbocycles. The van der Waals surface area contributed by atoms with Gasteiger partial charge in [-0.1, -0.05) is 23.4 Å². The third kappa shape index (κ3) is 3.13. The number of nitrogens with zero attached hydrogens (tertiary/aromatic N) is 6. The van der Waals surface area contributed by atoms with Gasteiger partial charge in [-0.3, -0.25) is 0 Å². The van der Waals surface area contributed by atoms with Gasteiger partial charge in [0, 0.05) is 12.2 Å². The minimum Gasteiger partial charge on any atom is -0.464 e. The second kappa shape index (κ2) is 6.99. The monoisotopic (exact) mass is 343 g/mol. The van der Waals surface area contributed by atoms with Crippen LogP contribution >= 0.6 is 0 Å². The zero-order valence-corrected chi connectivity index (χ0v) is 13.8. The number of hydrogen-bond acceptors (Lipinski definition) is 9. The molecule has 0 unspecified atom stereocenters. The van der Waals surface area contributed by atoms with Crippen LogP contribution in [-0.2, 0) is 11.3 Å². The quantitative estimate of drug-likeness (QED) is 0.653. The van der Waals surface area contributed by atoms with Crippen molar-refractivity contribution >= 4 is 17.5 Å². The van der Waals surface area contributed by atoms with Crippen molar-refractivity contribution in [3.8, 4) is 5.82 Å². The molecule has 1 aromatic carbocycles. The van der Waals surface area contributed by atoms with Gasteiger partial charge in [0.15, 0.2) is 5.69 Å². The number of carbonyl (C=O) groups excluding carboxylic acids is 1. The number of aromatic nitrogens is 5. The Morgan fingerprint density at radius 3 is 2.68 bits per heavy atom. The van der Waals surface area contributed by atoms with Gasteiger partial charge in [-0.15, -0.1) is 5.10 Å². The normalized spacial score (nSPS) is 10.6. The highest BCUT2D eigenvalue weighted by Crippen LogP contribution is 2.21. The maximum Gasteiger partial charge on any atom is 0.360 e. The maximum absolute atomic E-state index is 12.1. The average molecular weight is 343 g/mol. The van der Waals surface area contributed by atoms with E-state index in [-0.39, 0.29) is 17.3 Å². The van der Waals surface area contributed by atoms with Crippen LogP contribution < -0.4 is 10.6 Å². The van der Waals surface area contributed by atoms with Crippen LogP contribution in [-0.4, -0.2) is 44.9 Å². The number of rotatable bonds is 6. The third-order valence-corrected chi connectivity index (χ3v) is 3.68. The summed E-state index contributed by atoms with van der Waals surface area (Å²) in [6.07, 6.45) is 0. The molecule has 2 aromatic heterocycles. The summed E-state index contributed by atoms with van der Waals surface area (Å²) in [4.78, 5) is 14.1. The molecule has 2 N–H and O–H groups in total. The molecule has 0 radical (unpaired) electrons. The van der Waals surface area contributed by atoms with Gasteiger partial charge in [-0.05, 0) is 29.4 Å². The second-order valence-electron chi connectivity index (χ2n) is 5.11. The van der Waals surface area contributed by atoms with Crippen LogP contribution in [0.2, 0.25) is 0 Å². The predicted octanol–water partition coefficient (Wildman–Crippen LogP) is 1.05. The van der Waals surface area contributed by atoms with Crippen molar-refractivity contribution in [1.29, 1.82) is 0 Å². The van der Waals surface area contributed by atoms with E-state index in [1.807, 2.05) is 42.2 Å². The summed E-state index contributed by atoms with van der Waals surface area (Å²) >= 11 is 0. The van der Waals surface area contributed by atoms with Crippen LogP contribution in [0.3, 0.4) is 0 Å². The zero-order valence-electron chi connectivity index (χ0n) is 13.8. The number of anilines is 2. The number of carbonyl (C=O) groups is 1. The Morgan fingerprint density at radius 1 is 1.32 bits per heavy atom. The van der Waals surface area contributed by atoms with Crippen molar-refractivity contribution in [2.75, 3.05) is 24.3 Å². The topological polar surface area (TPSA) is 125 Å². The highest BCUT2D eigenvalue weighted by molar-refractivity contribution is 5.88. The van der Waals surface area contributed by atoms with Crippen molar-refractivity contribution in [2.45, 2.75) is 13.5 Å². The lowest BCUT2D eigenvalue weighted by Gasteiger charge is -2.23. The van der Waals surface area contributed by atoms with Crippen LogP contribution in [0.4, 0.5) is 11.5 Å². The maximum atomic E-state index is 12.1. The molecule has 0 amide bonds. The molecule has 0 fully saturated rings. The minimum absolute atomic E-state index is 0.0466. The molecule has 0 atom stereocenters. The van der Waals surface area contributed by atoms with Gasteiger partial charge >= 0.3 is 5.97 Å². The standard InChI is InChI=1S/C15H17N7O3/c1-3-21(10-7-5-4-6-8-10)9-11-12(15(23)24-2)17-20-22(11)14-13(16)18-25-19-14/h4-8H,3,9H2,1-2H3,(H2,16,18). The summed E-state index contributed by atoms with van der Waals surface area (Å²) in [5, 5.41) is 15.1. The number of ether oxygens (including phenoxy) is 1. The molecule has 0 bridgehead atoms. The first-order valence-electron chi connectivity index (χ1n) is 7.57. The molecule has 0 aliphatic carbocycles. The van der Waals surface area contributed by atoms with Crippen LogP contribution in [0, 0.1) is 0 Å². The second-order valence-corrected chi connectivity index (χ2v) is 5.11. The number of benzene rings is 1. The molecule has 0 aliphatic heterocycles. The van der Waals surface area contributed by atoms with E-state index in [0.29, 0.717) is 18.8 Å². The van der Waals surface area contributed by atoms with E-state index in [9.17, 15) is 4.79 Å². The van der Waals surface area contributed by atoms with Crippen molar-refractivity contribution < 1.29 is 14.2 Å². The summed E-state index contributed by atoms with van der Waals surface area (Å²) in [7, 11) is 1.28. The van der Waals surface area contributed by atoms with Crippen molar-refractivity contribution in [3.05, 3.63) is 41.7 Å². The summed E-state index contributed by atoms with van der Waals surface area (Å²) in [5.41, 5.74) is 7.29. The highest BCUT2D eigenvalue weighted by Gasteiger charge is 2.25. The Labute approximate surface area is 143 Å². The van der Waals surface area contributed by atoms with Gasteiger partial charge in [-0.25, -0.2) is 9.42 Å². The molecule has 0 spiro atoms. The fraction of sp³-hybridized carbons (Fsp3) is 0.267. The highest BCUT2D eigenvalue weighted by atomic mass is 16.6. The Morgan fingerprint density at radius 2 is 2.08 bits per heavy atom. The largest absolute Gasteiger partial charge is 0.464 e. The summed E-state index contributed by atoms with van der Waals surface area (Å²) in [6.45, 7) is 3.04. The number of hydrogen-bond donors (Lipinski definition) is 1. The SMILES string of the molecule is CCN(Cc1c(C(=O)OC)nnn1-c1nonc1N)c1ccccc1. The van der Waals surface area contributed by atoms with E-state index in [1.54, 1.807) is 0 Å². The smallest absolute Gasteiger partial charge is 0.360 e. The number of para-hydroxylation sites is 1. The number of esters is 1. The van der Waals surface area contributed by atoms with E-state index in [0.717, 1.165) is 5.69 Å². The molecular formula is C15H17N7O3. The lowest BCUT2D eigenvalue weighted by atomic mass is 10.2. The Bertz CT molecular complexity index is 859. The van der Waals surface area contributed by atoms with E-state index < -0.39 is 5.97 Å². The Kier molecular flexibility index (Phi) is 4.59. The molecule has 0 aliphatic rings. The average Bonchev–Trinajstić information content (AvgIpc) is 3.25. The van der Waals surface area contributed by atoms with Gasteiger partial charge in [-0.2, -0.15) is 4.68 Å². The fourth-order valence-corrected chi connectivity index (χ4v) is 2.41. The summed E-state index contributed by atoms with van der Waals surface area (Å²) in [6, 6.07) is 9.76. The number of nitrogens with two attached hydrogens (primary N) is 1. The van der Waals surface area contributed by atoms with Gasteiger partial charge in [0.1, 0.15) is 5.69 Å². The van der Waals surface area contributed by atoms with E-state index in [1.165, 1.54) is 11.8 Å². The molecule has 3 aromatic rings. The zero-order chi connectivity index (χ0) is 17.8. The molecule has 130 valence electrons. The summed E-state index contributed by atoms with van der Waals surface area (Å²) in [5.74, 6) is -0.382. The molecule has 10 nitrogen and oxygen atoms in total. The Hall–Kier alpha value is -3.43. The molecule has 10 heteroatoms. The van der Waals surface area contributed by atoms with Crippen molar-refractivity contribution in [3.63, 3.8) is 0 Å². The molecule has 3 rings (SSSR count). The lowest BCUT2D eigenvalue weighted by Crippen LogP contribution is -2.25.